The summed E-state index contributed by atoms with van der Waals surface area (Å²) in [5.74, 6) is -0.104. The van der Waals surface area contributed by atoms with Gasteiger partial charge in [-0.3, -0.25) is 4.79 Å². The average Bonchev–Trinajstić information content (AvgIpc) is 2.85. The van der Waals surface area contributed by atoms with E-state index in [1.165, 1.54) is 0 Å². The quantitative estimate of drug-likeness (QED) is 0.909. The summed E-state index contributed by atoms with van der Waals surface area (Å²) < 4.78 is 1.79. The third kappa shape index (κ3) is 3.39. The molecule has 1 N–H and O–H groups in total. The number of fused-ring (bicyclic) bond motifs is 1. The van der Waals surface area contributed by atoms with E-state index in [-0.39, 0.29) is 5.91 Å². The van der Waals surface area contributed by atoms with Gasteiger partial charge in [-0.2, -0.15) is 0 Å². The molecular weight excluding hydrogens is 268 g/mol. The zero-order chi connectivity index (χ0) is 15.6. The number of rotatable bonds is 5. The number of amides is 1. The van der Waals surface area contributed by atoms with E-state index in [4.69, 9.17) is 0 Å². The van der Waals surface area contributed by atoms with Gasteiger partial charge in [0.05, 0.1) is 11.1 Å². The van der Waals surface area contributed by atoms with Crippen molar-refractivity contribution in [3.63, 3.8) is 0 Å². The van der Waals surface area contributed by atoms with E-state index in [0.29, 0.717) is 24.2 Å². The number of carbonyl (C=O) groups is 1. The van der Waals surface area contributed by atoms with Gasteiger partial charge in [0.15, 0.2) is 0 Å². The summed E-state index contributed by atoms with van der Waals surface area (Å²) in [5.41, 5.74) is 1.28. The molecule has 6 heteroatoms. The molecule has 1 aromatic carbocycles. The van der Waals surface area contributed by atoms with Gasteiger partial charge < -0.3 is 10.0 Å². The second-order valence-corrected chi connectivity index (χ2v) is 5.74. The second-order valence-electron chi connectivity index (χ2n) is 5.74. The summed E-state index contributed by atoms with van der Waals surface area (Å²) in [7, 11) is 0. The Morgan fingerprint density at radius 3 is 2.67 bits per heavy atom. The Kier molecular flexibility index (Phi) is 4.27. The van der Waals surface area contributed by atoms with Crippen LogP contribution in [0.1, 0.15) is 38.1 Å². The molecule has 0 unspecified atom stereocenters. The number of hydrogen-bond donors (Lipinski definition) is 1. The first kappa shape index (κ1) is 15.4. The predicted octanol–water partition coefficient (Wildman–Crippen LogP) is 1.68. The van der Waals surface area contributed by atoms with Gasteiger partial charge in [-0.15, -0.1) is 5.10 Å². The van der Waals surface area contributed by atoms with Crippen LogP contribution in [0, 0.1) is 0 Å². The minimum absolute atomic E-state index is 0.104. The summed E-state index contributed by atoms with van der Waals surface area (Å²) in [4.78, 5) is 14.2. The number of aliphatic hydroxyl groups is 1. The van der Waals surface area contributed by atoms with E-state index < -0.39 is 5.60 Å². The molecule has 0 spiro atoms. The summed E-state index contributed by atoms with van der Waals surface area (Å²) in [6, 6.07) is 5.40. The lowest BCUT2D eigenvalue weighted by Crippen LogP contribution is -2.42. The van der Waals surface area contributed by atoms with Crippen molar-refractivity contribution in [2.45, 2.75) is 39.8 Å². The molecule has 0 radical (unpaired) electrons. The minimum Gasteiger partial charge on any atom is -0.389 e. The fraction of sp³-hybridized carbons (Fsp3) is 0.533. The third-order valence-electron chi connectivity index (χ3n) is 3.31. The number of benzene rings is 1. The Bertz CT molecular complexity index is 643. The maximum Gasteiger partial charge on any atom is 0.254 e. The van der Waals surface area contributed by atoms with Crippen LogP contribution < -0.4 is 0 Å². The van der Waals surface area contributed by atoms with E-state index >= 15 is 0 Å². The average molecular weight is 290 g/mol. The van der Waals surface area contributed by atoms with Crippen molar-refractivity contribution in [2.24, 2.45) is 0 Å². The third-order valence-corrected chi connectivity index (χ3v) is 3.31. The zero-order valence-corrected chi connectivity index (χ0v) is 13.0. The molecule has 0 aliphatic rings. The van der Waals surface area contributed by atoms with Crippen LogP contribution >= 0.6 is 0 Å². The van der Waals surface area contributed by atoms with Crippen molar-refractivity contribution in [2.75, 3.05) is 13.1 Å². The zero-order valence-electron chi connectivity index (χ0n) is 13.0. The van der Waals surface area contributed by atoms with E-state index in [2.05, 4.69) is 10.3 Å². The van der Waals surface area contributed by atoms with Crippen molar-refractivity contribution in [3.05, 3.63) is 23.8 Å². The molecule has 0 atom stereocenters. The Balaban J connectivity index is 2.30. The highest BCUT2D eigenvalue weighted by Crippen LogP contribution is 2.16. The number of nitrogens with zero attached hydrogens (tertiary/aromatic N) is 4. The minimum atomic E-state index is -0.916. The molecular formula is C15H22N4O2. The van der Waals surface area contributed by atoms with Crippen LogP contribution in [0.3, 0.4) is 0 Å². The standard InChI is InChI=1S/C15H22N4O2/c1-5-18(10-15(3,4)21)14(20)11-7-8-13-12(9-11)16-17-19(13)6-2/h7-9,21H,5-6,10H2,1-4H3. The van der Waals surface area contributed by atoms with Crippen LogP contribution in [-0.2, 0) is 6.54 Å². The molecule has 2 aromatic rings. The Morgan fingerprint density at radius 2 is 2.10 bits per heavy atom. The van der Waals surface area contributed by atoms with Crippen LogP contribution in [0.15, 0.2) is 18.2 Å². The number of likely N-dealkylation sites (N-methyl/N-ethyl adjacent to an activating group) is 1. The van der Waals surface area contributed by atoms with Gasteiger partial charge in [-0.25, -0.2) is 4.68 Å². The summed E-state index contributed by atoms with van der Waals surface area (Å²) in [6.45, 7) is 8.86. The van der Waals surface area contributed by atoms with Crippen molar-refractivity contribution in [1.29, 1.82) is 0 Å². The van der Waals surface area contributed by atoms with Crippen LogP contribution in [-0.4, -0.2) is 49.6 Å². The molecule has 1 aromatic heterocycles. The van der Waals surface area contributed by atoms with Gasteiger partial charge in [0.25, 0.3) is 5.91 Å². The summed E-state index contributed by atoms with van der Waals surface area (Å²) >= 11 is 0. The topological polar surface area (TPSA) is 71.2 Å². The smallest absolute Gasteiger partial charge is 0.254 e. The molecule has 114 valence electrons. The number of aromatic nitrogens is 3. The molecule has 1 amide bonds. The van der Waals surface area contributed by atoms with Crippen molar-refractivity contribution in [3.8, 4) is 0 Å². The van der Waals surface area contributed by atoms with Crippen LogP contribution in [0.2, 0.25) is 0 Å². The summed E-state index contributed by atoms with van der Waals surface area (Å²) in [5, 5.41) is 18.0. The molecule has 1 heterocycles. The normalized spacial score (nSPS) is 11.9. The largest absolute Gasteiger partial charge is 0.389 e. The number of hydrogen-bond acceptors (Lipinski definition) is 4. The van der Waals surface area contributed by atoms with Gasteiger partial charge in [-0.1, -0.05) is 5.21 Å². The lowest BCUT2D eigenvalue weighted by atomic mass is 10.1. The van der Waals surface area contributed by atoms with Gasteiger partial charge in [-0.05, 0) is 45.9 Å². The maximum absolute atomic E-state index is 12.5. The van der Waals surface area contributed by atoms with Gasteiger partial charge in [0.1, 0.15) is 5.52 Å². The Labute approximate surface area is 124 Å². The van der Waals surface area contributed by atoms with Gasteiger partial charge in [0.2, 0.25) is 0 Å². The fourth-order valence-corrected chi connectivity index (χ4v) is 2.32. The Hall–Kier alpha value is -1.95. The molecule has 0 saturated heterocycles. The lowest BCUT2D eigenvalue weighted by Gasteiger charge is -2.28. The predicted molar refractivity (Wildman–Crippen MR) is 81.1 cm³/mol. The molecule has 2 rings (SSSR count). The molecule has 6 nitrogen and oxygen atoms in total. The Morgan fingerprint density at radius 1 is 1.38 bits per heavy atom. The SMILES string of the molecule is CCN(CC(C)(C)O)C(=O)c1ccc2c(c1)nnn2CC. The first-order valence-corrected chi connectivity index (χ1v) is 7.20. The first-order chi connectivity index (χ1) is 9.85. The van der Waals surface area contributed by atoms with Crippen molar-refractivity contribution < 1.29 is 9.90 Å². The van der Waals surface area contributed by atoms with E-state index in [0.717, 1.165) is 12.1 Å². The van der Waals surface area contributed by atoms with Crippen LogP contribution in [0.4, 0.5) is 0 Å². The number of aryl methyl sites for hydroxylation is 1. The van der Waals surface area contributed by atoms with Crippen molar-refractivity contribution >= 4 is 16.9 Å². The highest BCUT2D eigenvalue weighted by molar-refractivity contribution is 5.97. The van der Waals surface area contributed by atoms with E-state index in [9.17, 15) is 9.90 Å². The molecule has 0 saturated carbocycles. The van der Waals surface area contributed by atoms with Crippen molar-refractivity contribution in [1.82, 2.24) is 19.9 Å². The lowest BCUT2D eigenvalue weighted by molar-refractivity contribution is 0.0315. The fourth-order valence-electron chi connectivity index (χ4n) is 2.32. The van der Waals surface area contributed by atoms with E-state index in [1.807, 2.05) is 19.9 Å². The molecule has 0 aliphatic heterocycles. The highest BCUT2D eigenvalue weighted by atomic mass is 16.3. The molecule has 21 heavy (non-hydrogen) atoms. The molecule has 0 aliphatic carbocycles. The molecule has 0 bridgehead atoms. The number of carbonyl (C=O) groups excluding carboxylic acids is 1. The highest BCUT2D eigenvalue weighted by Gasteiger charge is 2.22. The first-order valence-electron chi connectivity index (χ1n) is 7.20. The molecule has 0 fully saturated rings. The van der Waals surface area contributed by atoms with Gasteiger partial charge in [0, 0.05) is 25.2 Å². The monoisotopic (exact) mass is 290 g/mol. The van der Waals surface area contributed by atoms with Crippen LogP contribution in [0.5, 0.6) is 0 Å². The second kappa shape index (κ2) is 5.81. The van der Waals surface area contributed by atoms with E-state index in [1.54, 1.807) is 35.6 Å². The maximum atomic E-state index is 12.5. The van der Waals surface area contributed by atoms with Crippen LogP contribution in [0.25, 0.3) is 11.0 Å². The summed E-state index contributed by atoms with van der Waals surface area (Å²) in [6.07, 6.45) is 0. The van der Waals surface area contributed by atoms with Gasteiger partial charge >= 0.3 is 0 Å².